The Labute approximate surface area is 147 Å². The van der Waals surface area contributed by atoms with E-state index in [1.165, 1.54) is 6.07 Å². The summed E-state index contributed by atoms with van der Waals surface area (Å²) in [6.45, 7) is 2.83. The lowest BCUT2D eigenvalue weighted by molar-refractivity contribution is -0.137. The minimum Gasteiger partial charge on any atom is -0.304 e. The number of carbonyl (C=O) groups excluding carboxylic acids is 2. The molecule has 9 heteroatoms. The third-order valence-corrected chi connectivity index (χ3v) is 4.94. The molecule has 2 aliphatic rings. The predicted molar refractivity (Wildman–Crippen MR) is 86.4 cm³/mol. The molecule has 0 saturated carbocycles. The second-order valence-corrected chi connectivity index (χ2v) is 6.70. The van der Waals surface area contributed by atoms with E-state index in [9.17, 15) is 22.8 Å². The Bertz CT molecular complexity index is 702. The van der Waals surface area contributed by atoms with Gasteiger partial charge in [-0.1, -0.05) is 11.6 Å². The number of hydrogen-bond donors (Lipinski definition) is 0. The van der Waals surface area contributed by atoms with Crippen LogP contribution in [0.3, 0.4) is 0 Å². The summed E-state index contributed by atoms with van der Waals surface area (Å²) >= 11 is 5.60. The number of rotatable bonds is 2. The molecule has 0 radical (unpaired) electrons. The summed E-state index contributed by atoms with van der Waals surface area (Å²) in [5.74, 6) is -0.977. The van der Waals surface area contributed by atoms with E-state index >= 15 is 0 Å². The zero-order valence-corrected chi connectivity index (χ0v) is 14.3. The predicted octanol–water partition coefficient (Wildman–Crippen LogP) is 2.24. The minimum atomic E-state index is -4.66. The average molecular weight is 376 g/mol. The van der Waals surface area contributed by atoms with Crippen molar-refractivity contribution >= 4 is 29.1 Å². The molecular formula is C16H17ClF3N3O2. The van der Waals surface area contributed by atoms with E-state index in [4.69, 9.17) is 11.6 Å². The molecule has 0 spiro atoms. The van der Waals surface area contributed by atoms with Crippen molar-refractivity contribution in [2.75, 3.05) is 38.1 Å². The van der Waals surface area contributed by atoms with Gasteiger partial charge >= 0.3 is 6.18 Å². The largest absolute Gasteiger partial charge is 0.417 e. The van der Waals surface area contributed by atoms with E-state index in [1.807, 2.05) is 11.9 Å². The molecule has 25 heavy (non-hydrogen) atoms. The van der Waals surface area contributed by atoms with Crippen molar-refractivity contribution in [2.45, 2.75) is 18.6 Å². The van der Waals surface area contributed by atoms with Gasteiger partial charge < -0.3 is 4.90 Å². The first-order valence-corrected chi connectivity index (χ1v) is 8.22. The molecule has 1 aromatic carbocycles. The van der Waals surface area contributed by atoms with Gasteiger partial charge in [0.2, 0.25) is 5.91 Å². The highest BCUT2D eigenvalue weighted by molar-refractivity contribution is 6.31. The summed E-state index contributed by atoms with van der Waals surface area (Å²) in [6.07, 6.45) is -4.68. The van der Waals surface area contributed by atoms with Crippen molar-refractivity contribution in [3.63, 3.8) is 0 Å². The fourth-order valence-corrected chi connectivity index (χ4v) is 3.40. The zero-order chi connectivity index (χ0) is 18.4. The maximum Gasteiger partial charge on any atom is 0.417 e. The number of anilines is 1. The summed E-state index contributed by atoms with van der Waals surface area (Å²) in [5.41, 5.74) is -1.15. The summed E-state index contributed by atoms with van der Waals surface area (Å²) in [4.78, 5) is 29.9. The first-order valence-electron chi connectivity index (χ1n) is 7.84. The molecule has 1 aromatic rings. The number of amides is 2. The Morgan fingerprint density at radius 1 is 1.12 bits per heavy atom. The van der Waals surface area contributed by atoms with Crippen LogP contribution in [0.15, 0.2) is 18.2 Å². The number of hydrogen-bond acceptors (Lipinski definition) is 4. The van der Waals surface area contributed by atoms with Gasteiger partial charge in [-0.25, -0.2) is 4.90 Å². The SMILES string of the molecule is CN1CCN([C@H]2CC(=O)N(c3ccc(Cl)c(C(F)(F)F)c3)C2=O)CC1. The quantitative estimate of drug-likeness (QED) is 0.744. The number of imide groups is 1. The van der Waals surface area contributed by atoms with Crippen LogP contribution in [0, 0.1) is 0 Å². The van der Waals surface area contributed by atoms with Crippen molar-refractivity contribution in [3.05, 3.63) is 28.8 Å². The van der Waals surface area contributed by atoms with Crippen LogP contribution in [0.1, 0.15) is 12.0 Å². The van der Waals surface area contributed by atoms with Crippen LogP contribution in [-0.4, -0.2) is 60.9 Å². The Hall–Kier alpha value is -1.64. The van der Waals surface area contributed by atoms with Gasteiger partial charge in [-0.05, 0) is 25.2 Å². The maximum atomic E-state index is 13.0. The fourth-order valence-electron chi connectivity index (χ4n) is 3.18. The lowest BCUT2D eigenvalue weighted by Crippen LogP contribution is -2.51. The summed E-state index contributed by atoms with van der Waals surface area (Å²) in [7, 11) is 1.97. The normalized spacial score (nSPS) is 23.6. The van der Waals surface area contributed by atoms with Crippen molar-refractivity contribution in [1.82, 2.24) is 9.80 Å². The monoisotopic (exact) mass is 375 g/mol. The number of benzene rings is 1. The molecular weight excluding hydrogens is 359 g/mol. The molecule has 3 rings (SSSR count). The van der Waals surface area contributed by atoms with E-state index in [-0.39, 0.29) is 12.1 Å². The van der Waals surface area contributed by atoms with Gasteiger partial charge in [0.1, 0.15) is 0 Å². The van der Waals surface area contributed by atoms with E-state index in [2.05, 4.69) is 4.90 Å². The molecule has 0 unspecified atom stereocenters. The average Bonchev–Trinajstić information content (AvgIpc) is 2.83. The fraction of sp³-hybridized carbons (Fsp3) is 0.500. The molecule has 2 amide bonds. The Kier molecular flexibility index (Phi) is 4.78. The first-order chi connectivity index (χ1) is 11.7. The molecule has 1 atom stereocenters. The highest BCUT2D eigenvalue weighted by Gasteiger charge is 2.44. The Morgan fingerprint density at radius 2 is 1.76 bits per heavy atom. The molecule has 0 aliphatic carbocycles. The van der Waals surface area contributed by atoms with Crippen LogP contribution in [0.5, 0.6) is 0 Å². The van der Waals surface area contributed by atoms with E-state index in [1.54, 1.807) is 0 Å². The van der Waals surface area contributed by atoms with Crippen LogP contribution in [0.25, 0.3) is 0 Å². The maximum absolute atomic E-state index is 13.0. The topological polar surface area (TPSA) is 43.9 Å². The van der Waals surface area contributed by atoms with Gasteiger partial charge in [0.25, 0.3) is 5.91 Å². The van der Waals surface area contributed by atoms with Crippen molar-refractivity contribution in [2.24, 2.45) is 0 Å². The van der Waals surface area contributed by atoms with Gasteiger partial charge in [-0.15, -0.1) is 0 Å². The van der Waals surface area contributed by atoms with Crippen molar-refractivity contribution in [3.8, 4) is 0 Å². The number of likely N-dealkylation sites (N-methyl/N-ethyl adjacent to an activating group) is 1. The summed E-state index contributed by atoms with van der Waals surface area (Å²) in [6, 6.07) is 2.46. The third-order valence-electron chi connectivity index (χ3n) is 4.62. The lowest BCUT2D eigenvalue weighted by atomic mass is 10.1. The molecule has 0 N–H and O–H groups in total. The van der Waals surface area contributed by atoms with Gasteiger partial charge in [0.05, 0.1) is 28.7 Å². The van der Waals surface area contributed by atoms with Gasteiger partial charge in [-0.2, -0.15) is 13.2 Å². The van der Waals surface area contributed by atoms with Gasteiger partial charge in [0, 0.05) is 26.2 Å². The van der Waals surface area contributed by atoms with Crippen molar-refractivity contribution < 1.29 is 22.8 Å². The zero-order valence-electron chi connectivity index (χ0n) is 13.5. The van der Waals surface area contributed by atoms with Crippen molar-refractivity contribution in [1.29, 1.82) is 0 Å². The van der Waals surface area contributed by atoms with Gasteiger partial charge in [0.15, 0.2) is 0 Å². The van der Waals surface area contributed by atoms with Gasteiger partial charge in [-0.3, -0.25) is 14.5 Å². The number of nitrogens with zero attached hydrogens (tertiary/aromatic N) is 3. The highest BCUT2D eigenvalue weighted by atomic mass is 35.5. The molecule has 2 saturated heterocycles. The molecule has 2 fully saturated rings. The number of halogens is 4. The summed E-state index contributed by atoms with van der Waals surface area (Å²) in [5, 5.41) is -0.467. The number of alkyl halides is 3. The smallest absolute Gasteiger partial charge is 0.304 e. The van der Waals surface area contributed by atoms with Crippen LogP contribution in [-0.2, 0) is 15.8 Å². The molecule has 2 heterocycles. The standard InChI is InChI=1S/C16H17ClF3N3O2/c1-21-4-6-22(7-5-21)13-9-14(24)23(15(13)25)10-2-3-12(17)11(8-10)16(18,19)20/h2-3,8,13H,4-7,9H2,1H3/t13-/m0/s1. The molecule has 0 bridgehead atoms. The third kappa shape index (κ3) is 3.51. The molecule has 2 aliphatic heterocycles. The van der Waals surface area contributed by atoms with Crippen LogP contribution in [0.2, 0.25) is 5.02 Å². The van der Waals surface area contributed by atoms with Crippen LogP contribution >= 0.6 is 11.6 Å². The Balaban J connectivity index is 1.86. The van der Waals surface area contributed by atoms with E-state index < -0.39 is 34.6 Å². The molecule has 0 aromatic heterocycles. The number of piperazine rings is 1. The first kappa shape index (κ1) is 18.2. The van der Waals surface area contributed by atoms with Crippen LogP contribution < -0.4 is 4.90 Å². The Morgan fingerprint density at radius 3 is 2.36 bits per heavy atom. The second-order valence-electron chi connectivity index (χ2n) is 6.29. The summed E-state index contributed by atoms with van der Waals surface area (Å²) < 4.78 is 39.1. The minimum absolute atomic E-state index is 0.0213. The highest BCUT2D eigenvalue weighted by Crippen LogP contribution is 2.38. The molecule has 5 nitrogen and oxygen atoms in total. The molecule has 136 valence electrons. The van der Waals surface area contributed by atoms with E-state index in [0.29, 0.717) is 13.1 Å². The van der Waals surface area contributed by atoms with Crippen LogP contribution in [0.4, 0.5) is 18.9 Å². The van der Waals surface area contributed by atoms with E-state index in [0.717, 1.165) is 30.1 Å². The second kappa shape index (κ2) is 6.59. The number of carbonyl (C=O) groups is 2. The lowest BCUT2D eigenvalue weighted by Gasteiger charge is -2.35.